The molecule has 8 heteroatoms. The van der Waals surface area contributed by atoms with Gasteiger partial charge in [-0.25, -0.2) is 9.97 Å². The van der Waals surface area contributed by atoms with Gasteiger partial charge in [-0.15, -0.1) is 13.2 Å². The van der Waals surface area contributed by atoms with Gasteiger partial charge in [0.15, 0.2) is 0 Å². The molecule has 0 bridgehead atoms. The Bertz CT molecular complexity index is 852. The molecule has 0 amide bonds. The third-order valence-electron chi connectivity index (χ3n) is 3.37. The second-order valence-electron chi connectivity index (χ2n) is 5.13. The van der Waals surface area contributed by atoms with Crippen molar-refractivity contribution in [3.05, 3.63) is 60.7 Å². The van der Waals surface area contributed by atoms with E-state index >= 15 is 0 Å². The van der Waals surface area contributed by atoms with Gasteiger partial charge in [-0.05, 0) is 43.3 Å². The molecule has 5 nitrogen and oxygen atoms in total. The van der Waals surface area contributed by atoms with E-state index in [0.717, 1.165) is 16.8 Å². The number of aromatic nitrogens is 3. The molecule has 0 radical (unpaired) electrons. The lowest BCUT2D eigenvalue weighted by Crippen LogP contribution is -2.17. The van der Waals surface area contributed by atoms with Crippen molar-refractivity contribution in [3.8, 4) is 17.0 Å². The van der Waals surface area contributed by atoms with Crippen LogP contribution >= 0.6 is 0 Å². The van der Waals surface area contributed by atoms with Crippen molar-refractivity contribution in [2.45, 2.75) is 13.3 Å². The van der Waals surface area contributed by atoms with Gasteiger partial charge in [0.2, 0.25) is 0 Å². The highest BCUT2D eigenvalue weighted by Crippen LogP contribution is 2.28. The summed E-state index contributed by atoms with van der Waals surface area (Å²) < 4.78 is 40.4. The molecule has 0 aliphatic heterocycles. The molecule has 128 valence electrons. The van der Waals surface area contributed by atoms with Gasteiger partial charge in [-0.3, -0.25) is 4.98 Å². The number of rotatable bonds is 4. The molecule has 0 atom stereocenters. The van der Waals surface area contributed by atoms with Crippen molar-refractivity contribution in [1.29, 1.82) is 0 Å². The van der Waals surface area contributed by atoms with Gasteiger partial charge in [0.05, 0.1) is 5.69 Å². The number of ether oxygens (including phenoxy) is 1. The molecular formula is C17H13F3N4O. The van der Waals surface area contributed by atoms with Gasteiger partial charge in [0.25, 0.3) is 0 Å². The second kappa shape index (κ2) is 6.76. The lowest BCUT2D eigenvalue weighted by Gasteiger charge is -2.12. The Morgan fingerprint density at radius 3 is 2.44 bits per heavy atom. The zero-order chi connectivity index (χ0) is 17.9. The van der Waals surface area contributed by atoms with Crippen molar-refractivity contribution in [2.75, 3.05) is 5.32 Å². The number of halogens is 3. The van der Waals surface area contributed by atoms with Crippen molar-refractivity contribution in [3.63, 3.8) is 0 Å². The maximum atomic E-state index is 12.2. The molecule has 3 rings (SSSR count). The van der Waals surface area contributed by atoms with Crippen molar-refractivity contribution in [2.24, 2.45) is 0 Å². The SMILES string of the molecule is Cc1c(Nc2ccc(OC(F)(F)F)cc2)ncnc1-c1cccnc1. The molecule has 2 aromatic heterocycles. The van der Waals surface area contributed by atoms with Crippen LogP contribution in [0.5, 0.6) is 5.75 Å². The molecule has 0 saturated carbocycles. The summed E-state index contributed by atoms with van der Waals surface area (Å²) in [6, 6.07) is 9.11. The Hall–Kier alpha value is -3.16. The molecule has 0 aliphatic carbocycles. The Balaban J connectivity index is 1.82. The number of hydrogen-bond donors (Lipinski definition) is 1. The lowest BCUT2D eigenvalue weighted by molar-refractivity contribution is -0.274. The summed E-state index contributed by atoms with van der Waals surface area (Å²) >= 11 is 0. The molecule has 25 heavy (non-hydrogen) atoms. The van der Waals surface area contributed by atoms with E-state index in [2.05, 4.69) is 25.0 Å². The summed E-state index contributed by atoms with van der Waals surface area (Å²) in [5.41, 5.74) is 2.95. The molecule has 2 heterocycles. The molecule has 3 aromatic rings. The average molecular weight is 346 g/mol. The zero-order valence-electron chi connectivity index (χ0n) is 13.1. The van der Waals surface area contributed by atoms with Crippen LogP contribution in [0, 0.1) is 6.92 Å². The van der Waals surface area contributed by atoms with Crippen LogP contribution < -0.4 is 10.1 Å². The van der Waals surface area contributed by atoms with E-state index in [1.54, 1.807) is 12.4 Å². The van der Waals surface area contributed by atoms with Crippen molar-refractivity contribution < 1.29 is 17.9 Å². The van der Waals surface area contributed by atoms with Gasteiger partial charge in [-0.1, -0.05) is 0 Å². The number of pyridine rings is 1. The minimum atomic E-state index is -4.71. The van der Waals surface area contributed by atoms with Gasteiger partial charge < -0.3 is 10.1 Å². The summed E-state index contributed by atoms with van der Waals surface area (Å²) in [4.78, 5) is 12.5. The topological polar surface area (TPSA) is 59.9 Å². The number of nitrogens with one attached hydrogen (secondary N) is 1. The minimum Gasteiger partial charge on any atom is -0.406 e. The first-order chi connectivity index (χ1) is 11.9. The van der Waals surface area contributed by atoms with Crippen LogP contribution in [0.4, 0.5) is 24.7 Å². The highest BCUT2D eigenvalue weighted by Gasteiger charge is 2.30. The van der Waals surface area contributed by atoms with E-state index in [1.165, 1.54) is 30.6 Å². The number of anilines is 2. The number of nitrogens with zero attached hydrogens (tertiary/aromatic N) is 3. The Labute approximate surface area is 141 Å². The smallest absolute Gasteiger partial charge is 0.406 e. The maximum Gasteiger partial charge on any atom is 0.573 e. The summed E-state index contributed by atoms with van der Waals surface area (Å²) in [6.07, 6.45) is 0.0712. The molecular weight excluding hydrogens is 333 g/mol. The molecule has 0 spiro atoms. The second-order valence-corrected chi connectivity index (χ2v) is 5.13. The van der Waals surface area contributed by atoms with Crippen LogP contribution in [0.15, 0.2) is 55.1 Å². The Morgan fingerprint density at radius 2 is 1.80 bits per heavy atom. The van der Waals surface area contributed by atoms with E-state index in [1.807, 2.05) is 19.1 Å². The predicted octanol–water partition coefficient (Wildman–Crippen LogP) is 4.49. The van der Waals surface area contributed by atoms with Crippen LogP contribution in [0.3, 0.4) is 0 Å². The van der Waals surface area contributed by atoms with E-state index in [4.69, 9.17) is 0 Å². The first kappa shape index (κ1) is 16.7. The molecule has 0 aliphatic rings. The monoisotopic (exact) mass is 346 g/mol. The van der Waals surface area contributed by atoms with Crippen LogP contribution in [-0.2, 0) is 0 Å². The molecule has 1 N–H and O–H groups in total. The fourth-order valence-electron chi connectivity index (χ4n) is 2.25. The summed E-state index contributed by atoms with van der Waals surface area (Å²) in [6.45, 7) is 1.85. The Morgan fingerprint density at radius 1 is 1.04 bits per heavy atom. The molecule has 0 saturated heterocycles. The summed E-state index contributed by atoms with van der Waals surface area (Å²) in [5.74, 6) is 0.270. The van der Waals surface area contributed by atoms with E-state index in [9.17, 15) is 13.2 Å². The highest BCUT2D eigenvalue weighted by molar-refractivity contribution is 5.70. The van der Waals surface area contributed by atoms with E-state index in [0.29, 0.717) is 11.5 Å². The number of alkyl halides is 3. The highest BCUT2D eigenvalue weighted by atomic mass is 19.4. The quantitative estimate of drug-likeness (QED) is 0.754. The summed E-state index contributed by atoms with van der Waals surface area (Å²) in [5, 5.41) is 3.06. The van der Waals surface area contributed by atoms with Crippen molar-refractivity contribution >= 4 is 11.5 Å². The maximum absolute atomic E-state index is 12.2. The first-order valence-corrected chi connectivity index (χ1v) is 7.27. The van der Waals surface area contributed by atoms with Gasteiger partial charge >= 0.3 is 6.36 Å². The largest absolute Gasteiger partial charge is 0.573 e. The minimum absolute atomic E-state index is 0.284. The van der Waals surface area contributed by atoms with Crippen LogP contribution in [0.2, 0.25) is 0 Å². The zero-order valence-corrected chi connectivity index (χ0v) is 13.1. The molecule has 0 fully saturated rings. The normalized spacial score (nSPS) is 11.2. The first-order valence-electron chi connectivity index (χ1n) is 7.27. The van der Waals surface area contributed by atoms with Crippen LogP contribution in [0.1, 0.15) is 5.56 Å². The Kier molecular flexibility index (Phi) is 4.51. The molecule has 0 unspecified atom stereocenters. The third-order valence-corrected chi connectivity index (χ3v) is 3.37. The third kappa shape index (κ3) is 4.23. The fraction of sp³-hybridized carbons (Fsp3) is 0.118. The van der Waals surface area contributed by atoms with Gasteiger partial charge in [0, 0.05) is 29.2 Å². The van der Waals surface area contributed by atoms with Crippen LogP contribution in [0.25, 0.3) is 11.3 Å². The van der Waals surface area contributed by atoms with Gasteiger partial charge in [0.1, 0.15) is 17.9 Å². The van der Waals surface area contributed by atoms with E-state index in [-0.39, 0.29) is 5.75 Å². The van der Waals surface area contributed by atoms with Gasteiger partial charge in [-0.2, -0.15) is 0 Å². The number of hydrogen-bond acceptors (Lipinski definition) is 5. The van der Waals surface area contributed by atoms with Crippen LogP contribution in [-0.4, -0.2) is 21.3 Å². The van der Waals surface area contributed by atoms with E-state index < -0.39 is 6.36 Å². The molecule has 1 aromatic carbocycles. The predicted molar refractivity (Wildman–Crippen MR) is 86.4 cm³/mol. The average Bonchev–Trinajstić information content (AvgIpc) is 2.58. The van der Waals surface area contributed by atoms with Crippen molar-refractivity contribution in [1.82, 2.24) is 15.0 Å². The fourth-order valence-corrected chi connectivity index (χ4v) is 2.25. The number of benzene rings is 1. The standard InChI is InChI=1S/C17H13F3N4O/c1-11-15(12-3-2-8-21-9-12)22-10-23-16(11)24-13-4-6-14(7-5-13)25-17(18,19)20/h2-10H,1H3,(H,22,23,24). The summed E-state index contributed by atoms with van der Waals surface area (Å²) in [7, 11) is 0. The lowest BCUT2D eigenvalue weighted by atomic mass is 10.1.